The van der Waals surface area contributed by atoms with Crippen LogP contribution < -0.4 is 5.32 Å². The Hall–Kier alpha value is -0.0400. The monoisotopic (exact) mass is 141 g/mol. The number of nitrogens with one attached hydrogen (secondary N) is 1. The van der Waals surface area contributed by atoms with E-state index in [2.05, 4.69) is 19.2 Å². The molecule has 0 bridgehead atoms. The quantitative estimate of drug-likeness (QED) is 0.621. The van der Waals surface area contributed by atoms with Crippen molar-refractivity contribution in [2.75, 3.05) is 6.54 Å². The summed E-state index contributed by atoms with van der Waals surface area (Å²) in [4.78, 5) is 0. The molecule has 0 aliphatic carbocycles. The third-order valence-electron chi connectivity index (χ3n) is 2.68. The fraction of sp³-hybridized carbons (Fsp3) is 1.00. The predicted molar refractivity (Wildman–Crippen MR) is 45.1 cm³/mol. The summed E-state index contributed by atoms with van der Waals surface area (Å²) in [5.41, 5.74) is 0. The van der Waals surface area contributed by atoms with E-state index in [0.717, 1.165) is 12.0 Å². The summed E-state index contributed by atoms with van der Waals surface area (Å²) in [6, 6.07) is 0.818. The lowest BCUT2D eigenvalue weighted by molar-refractivity contribution is 0.304. The SMILES string of the molecule is CCC(C)C1CCCCN1. The van der Waals surface area contributed by atoms with E-state index < -0.39 is 0 Å². The summed E-state index contributed by atoms with van der Waals surface area (Å²) in [5.74, 6) is 0.875. The second-order valence-electron chi connectivity index (χ2n) is 3.44. The van der Waals surface area contributed by atoms with E-state index >= 15 is 0 Å². The Labute approximate surface area is 64.2 Å². The fourth-order valence-corrected chi connectivity index (χ4v) is 1.65. The van der Waals surface area contributed by atoms with Gasteiger partial charge in [0, 0.05) is 6.04 Å². The highest BCUT2D eigenvalue weighted by Crippen LogP contribution is 2.16. The molecule has 1 rings (SSSR count). The number of hydrogen-bond acceptors (Lipinski definition) is 1. The molecule has 0 saturated carbocycles. The average molecular weight is 141 g/mol. The first-order chi connectivity index (χ1) is 4.84. The highest BCUT2D eigenvalue weighted by Gasteiger charge is 2.16. The van der Waals surface area contributed by atoms with E-state index in [0.29, 0.717) is 0 Å². The molecule has 0 radical (unpaired) electrons. The molecule has 1 aliphatic rings. The molecule has 2 unspecified atom stereocenters. The van der Waals surface area contributed by atoms with Crippen LogP contribution >= 0.6 is 0 Å². The molecule has 60 valence electrons. The third kappa shape index (κ3) is 1.98. The molecular formula is C9H19N. The zero-order chi connectivity index (χ0) is 7.40. The first-order valence-electron chi connectivity index (χ1n) is 4.58. The van der Waals surface area contributed by atoms with Gasteiger partial charge in [-0.3, -0.25) is 0 Å². The van der Waals surface area contributed by atoms with E-state index in [1.54, 1.807) is 0 Å². The zero-order valence-corrected chi connectivity index (χ0v) is 7.19. The molecule has 0 aromatic rings. The maximum atomic E-state index is 3.57. The summed E-state index contributed by atoms with van der Waals surface area (Å²) < 4.78 is 0. The molecule has 1 aliphatic heterocycles. The first-order valence-corrected chi connectivity index (χ1v) is 4.58. The second-order valence-corrected chi connectivity index (χ2v) is 3.44. The highest BCUT2D eigenvalue weighted by molar-refractivity contribution is 4.76. The summed E-state index contributed by atoms with van der Waals surface area (Å²) in [7, 11) is 0. The van der Waals surface area contributed by atoms with E-state index in [4.69, 9.17) is 0 Å². The van der Waals surface area contributed by atoms with Gasteiger partial charge in [0.25, 0.3) is 0 Å². The van der Waals surface area contributed by atoms with Gasteiger partial charge in [0.05, 0.1) is 0 Å². The largest absolute Gasteiger partial charge is 0.314 e. The van der Waals surface area contributed by atoms with Crippen LogP contribution in [0.15, 0.2) is 0 Å². The van der Waals surface area contributed by atoms with Crippen LogP contribution in [0.4, 0.5) is 0 Å². The van der Waals surface area contributed by atoms with Crippen molar-refractivity contribution in [1.82, 2.24) is 5.32 Å². The van der Waals surface area contributed by atoms with Crippen molar-refractivity contribution in [3.05, 3.63) is 0 Å². The predicted octanol–water partition coefficient (Wildman–Crippen LogP) is 2.17. The van der Waals surface area contributed by atoms with Gasteiger partial charge < -0.3 is 5.32 Å². The summed E-state index contributed by atoms with van der Waals surface area (Å²) in [5, 5.41) is 3.57. The Morgan fingerprint density at radius 1 is 1.50 bits per heavy atom. The average Bonchev–Trinajstić information content (AvgIpc) is 2.05. The fourth-order valence-electron chi connectivity index (χ4n) is 1.65. The van der Waals surface area contributed by atoms with Gasteiger partial charge in [0.2, 0.25) is 0 Å². The molecule has 1 heteroatoms. The van der Waals surface area contributed by atoms with Crippen molar-refractivity contribution in [3.63, 3.8) is 0 Å². The third-order valence-corrected chi connectivity index (χ3v) is 2.68. The molecule has 1 saturated heterocycles. The Morgan fingerprint density at radius 3 is 2.80 bits per heavy atom. The van der Waals surface area contributed by atoms with Crippen molar-refractivity contribution in [2.24, 2.45) is 5.92 Å². The molecule has 1 heterocycles. The summed E-state index contributed by atoms with van der Waals surface area (Å²) in [6.07, 6.45) is 5.53. The van der Waals surface area contributed by atoms with Crippen molar-refractivity contribution in [1.29, 1.82) is 0 Å². The van der Waals surface area contributed by atoms with E-state index in [1.165, 1.54) is 32.2 Å². The number of piperidine rings is 1. The molecule has 2 atom stereocenters. The van der Waals surface area contributed by atoms with Gasteiger partial charge in [-0.15, -0.1) is 0 Å². The molecule has 0 spiro atoms. The van der Waals surface area contributed by atoms with E-state index in [-0.39, 0.29) is 0 Å². The van der Waals surface area contributed by atoms with Crippen molar-refractivity contribution in [2.45, 2.75) is 45.6 Å². The second kappa shape index (κ2) is 3.97. The van der Waals surface area contributed by atoms with E-state index in [1.807, 2.05) is 0 Å². The molecular weight excluding hydrogens is 122 g/mol. The Bertz CT molecular complexity index is 84.7. The molecule has 10 heavy (non-hydrogen) atoms. The van der Waals surface area contributed by atoms with Crippen LogP contribution in [0.25, 0.3) is 0 Å². The Balaban J connectivity index is 2.24. The normalized spacial score (nSPS) is 30.0. The van der Waals surface area contributed by atoms with Gasteiger partial charge in [-0.25, -0.2) is 0 Å². The van der Waals surface area contributed by atoms with Gasteiger partial charge in [0.1, 0.15) is 0 Å². The molecule has 1 nitrogen and oxygen atoms in total. The van der Waals surface area contributed by atoms with Crippen LogP contribution in [0, 0.1) is 5.92 Å². The molecule has 0 aromatic carbocycles. The standard InChI is InChI=1S/C9H19N/c1-3-8(2)9-6-4-5-7-10-9/h8-10H,3-7H2,1-2H3. The number of rotatable bonds is 2. The maximum Gasteiger partial charge on any atom is 0.00925 e. The van der Waals surface area contributed by atoms with E-state index in [9.17, 15) is 0 Å². The maximum absolute atomic E-state index is 3.57. The zero-order valence-electron chi connectivity index (χ0n) is 7.19. The highest BCUT2D eigenvalue weighted by atomic mass is 14.9. The molecule has 0 amide bonds. The minimum atomic E-state index is 0.818. The van der Waals surface area contributed by atoms with Crippen molar-refractivity contribution < 1.29 is 0 Å². The minimum absolute atomic E-state index is 0.818. The Morgan fingerprint density at radius 2 is 2.30 bits per heavy atom. The van der Waals surface area contributed by atoms with Crippen molar-refractivity contribution >= 4 is 0 Å². The van der Waals surface area contributed by atoms with Crippen LogP contribution in [0.1, 0.15) is 39.5 Å². The molecule has 1 fully saturated rings. The van der Waals surface area contributed by atoms with Gasteiger partial charge in [-0.1, -0.05) is 26.7 Å². The van der Waals surface area contributed by atoms with Gasteiger partial charge in [-0.2, -0.15) is 0 Å². The minimum Gasteiger partial charge on any atom is -0.314 e. The van der Waals surface area contributed by atoms with Crippen LogP contribution in [0.3, 0.4) is 0 Å². The summed E-state index contributed by atoms with van der Waals surface area (Å²) >= 11 is 0. The molecule has 0 aromatic heterocycles. The van der Waals surface area contributed by atoms with Crippen molar-refractivity contribution in [3.8, 4) is 0 Å². The molecule has 1 N–H and O–H groups in total. The van der Waals surface area contributed by atoms with Crippen LogP contribution in [0.5, 0.6) is 0 Å². The van der Waals surface area contributed by atoms with Crippen LogP contribution in [-0.2, 0) is 0 Å². The first kappa shape index (κ1) is 8.06. The van der Waals surface area contributed by atoms with Gasteiger partial charge in [-0.05, 0) is 25.3 Å². The smallest absolute Gasteiger partial charge is 0.00925 e. The Kier molecular flexibility index (Phi) is 3.20. The lowest BCUT2D eigenvalue weighted by Gasteiger charge is -2.28. The van der Waals surface area contributed by atoms with Gasteiger partial charge >= 0.3 is 0 Å². The van der Waals surface area contributed by atoms with Gasteiger partial charge in [0.15, 0.2) is 0 Å². The lowest BCUT2D eigenvalue weighted by Crippen LogP contribution is -2.38. The summed E-state index contributed by atoms with van der Waals surface area (Å²) in [6.45, 7) is 5.87. The topological polar surface area (TPSA) is 12.0 Å². The van der Waals surface area contributed by atoms with Crippen LogP contribution in [0.2, 0.25) is 0 Å². The van der Waals surface area contributed by atoms with Crippen LogP contribution in [-0.4, -0.2) is 12.6 Å². The lowest BCUT2D eigenvalue weighted by atomic mass is 9.92. The number of hydrogen-bond donors (Lipinski definition) is 1.